The van der Waals surface area contributed by atoms with E-state index in [4.69, 9.17) is 9.47 Å². The number of hydrogen-bond donors (Lipinski definition) is 1. The molecule has 0 atom stereocenters. The van der Waals surface area contributed by atoms with Gasteiger partial charge >= 0.3 is 0 Å². The van der Waals surface area contributed by atoms with Crippen LogP contribution in [0.3, 0.4) is 0 Å². The molecule has 1 saturated heterocycles. The number of amides is 2. The number of rotatable bonds is 4. The molecule has 0 spiro atoms. The Morgan fingerprint density at radius 2 is 1.86 bits per heavy atom. The Balaban J connectivity index is 1.78. The summed E-state index contributed by atoms with van der Waals surface area (Å²) in [5.41, 5.74) is 0.907. The maximum Gasteiger partial charge on any atom is 0.266 e. The maximum absolute atomic E-state index is 12.5. The van der Waals surface area contributed by atoms with Gasteiger partial charge in [0.25, 0.3) is 11.8 Å². The van der Waals surface area contributed by atoms with Gasteiger partial charge in [-0.25, -0.2) is 4.90 Å². The van der Waals surface area contributed by atoms with Crippen LogP contribution in [0.5, 0.6) is 5.75 Å². The zero-order chi connectivity index (χ0) is 15.7. The van der Waals surface area contributed by atoms with Crippen LogP contribution in [0.1, 0.15) is 34.6 Å². The van der Waals surface area contributed by atoms with Crippen LogP contribution < -0.4 is 9.64 Å². The number of nitrogens with zero attached hydrogens (tertiary/aromatic N) is 1. The molecule has 0 bridgehead atoms. The molecule has 0 unspecified atom stereocenters. The van der Waals surface area contributed by atoms with Crippen molar-refractivity contribution in [2.24, 2.45) is 0 Å². The first-order valence-electron chi connectivity index (χ1n) is 7.64. The van der Waals surface area contributed by atoms with E-state index in [1.54, 1.807) is 18.2 Å². The highest BCUT2D eigenvalue weighted by Crippen LogP contribution is 2.26. The molecule has 0 saturated carbocycles. The van der Waals surface area contributed by atoms with Crippen molar-refractivity contribution in [1.82, 2.24) is 4.90 Å². The number of nitrogens with one attached hydrogen (secondary N) is 1. The lowest BCUT2D eigenvalue weighted by Crippen LogP contribution is -3.15. The zero-order valence-electron chi connectivity index (χ0n) is 12.9. The van der Waals surface area contributed by atoms with Crippen LogP contribution in [-0.2, 0) is 4.74 Å². The average Bonchev–Trinajstić information content (AvgIpc) is 2.73. The highest BCUT2D eigenvalue weighted by molar-refractivity contribution is 6.21. The summed E-state index contributed by atoms with van der Waals surface area (Å²) >= 11 is 0. The molecule has 1 aromatic carbocycles. The number of carbonyl (C=O) groups is 2. The van der Waals surface area contributed by atoms with Crippen LogP contribution in [0.4, 0.5) is 0 Å². The molecule has 1 N–H and O–H groups in total. The van der Waals surface area contributed by atoms with E-state index < -0.39 is 0 Å². The molecule has 22 heavy (non-hydrogen) atoms. The number of imide groups is 1. The number of morpholine rings is 1. The zero-order valence-corrected chi connectivity index (χ0v) is 12.9. The van der Waals surface area contributed by atoms with Gasteiger partial charge in [0, 0.05) is 0 Å². The van der Waals surface area contributed by atoms with Gasteiger partial charge < -0.3 is 14.4 Å². The highest BCUT2D eigenvalue weighted by Gasteiger charge is 2.38. The third-order valence-corrected chi connectivity index (χ3v) is 3.90. The number of carbonyl (C=O) groups excluding carboxylic acids is 2. The van der Waals surface area contributed by atoms with Crippen LogP contribution in [0, 0.1) is 0 Å². The third kappa shape index (κ3) is 2.84. The van der Waals surface area contributed by atoms with Crippen molar-refractivity contribution >= 4 is 11.8 Å². The average molecular weight is 305 g/mol. The Hall–Kier alpha value is -1.92. The van der Waals surface area contributed by atoms with Gasteiger partial charge in [0.1, 0.15) is 18.8 Å². The molecule has 1 fully saturated rings. The van der Waals surface area contributed by atoms with Gasteiger partial charge in [-0.05, 0) is 32.0 Å². The molecule has 1 aromatic rings. The van der Waals surface area contributed by atoms with Gasteiger partial charge in [-0.15, -0.1) is 0 Å². The number of quaternary nitrogens is 1. The molecule has 2 heterocycles. The molecule has 6 nitrogen and oxygen atoms in total. The normalized spacial score (nSPS) is 19.0. The van der Waals surface area contributed by atoms with Crippen molar-refractivity contribution in [2.45, 2.75) is 20.0 Å². The van der Waals surface area contributed by atoms with Crippen molar-refractivity contribution in [3.63, 3.8) is 0 Å². The lowest BCUT2D eigenvalue weighted by atomic mass is 10.1. The minimum absolute atomic E-state index is 0.0270. The van der Waals surface area contributed by atoms with E-state index in [1.165, 1.54) is 9.80 Å². The van der Waals surface area contributed by atoms with E-state index in [2.05, 4.69) is 0 Å². The molecule has 2 aliphatic heterocycles. The van der Waals surface area contributed by atoms with Gasteiger partial charge in [-0.1, -0.05) is 0 Å². The Bertz CT molecular complexity index is 594. The number of hydrogen-bond acceptors (Lipinski definition) is 4. The summed E-state index contributed by atoms with van der Waals surface area (Å²) in [6.07, 6.45) is 0.0270. The quantitative estimate of drug-likeness (QED) is 0.792. The molecule has 3 rings (SSSR count). The van der Waals surface area contributed by atoms with E-state index in [1.807, 2.05) is 13.8 Å². The van der Waals surface area contributed by atoms with Crippen LogP contribution in [-0.4, -0.2) is 55.8 Å². The standard InChI is InChI=1S/C16H20N2O4/c1-11(2)22-12-3-4-13-14(9-12)16(20)18(15(13)19)10-17-5-7-21-8-6-17/h3-4,9,11H,5-8,10H2,1-2H3/p+1. The molecular formula is C16H21N2O4+. The topological polar surface area (TPSA) is 60.3 Å². The van der Waals surface area contributed by atoms with Crippen molar-refractivity contribution in [1.29, 1.82) is 0 Å². The third-order valence-electron chi connectivity index (χ3n) is 3.90. The largest absolute Gasteiger partial charge is 0.491 e. The van der Waals surface area contributed by atoms with Crippen molar-refractivity contribution in [2.75, 3.05) is 33.0 Å². The molecule has 0 aliphatic carbocycles. The van der Waals surface area contributed by atoms with Gasteiger partial charge in [0.05, 0.1) is 30.4 Å². The van der Waals surface area contributed by atoms with Gasteiger partial charge in [0.15, 0.2) is 6.67 Å². The smallest absolute Gasteiger partial charge is 0.266 e. The summed E-state index contributed by atoms with van der Waals surface area (Å²) in [4.78, 5) is 27.5. The first-order valence-corrected chi connectivity index (χ1v) is 7.64. The SMILES string of the molecule is CC(C)Oc1ccc2c(c1)C(=O)N(C[NH+]1CCOCC1)C2=O. The molecule has 0 radical (unpaired) electrons. The summed E-state index contributed by atoms with van der Waals surface area (Å²) in [7, 11) is 0. The van der Waals surface area contributed by atoms with Crippen molar-refractivity contribution < 1.29 is 24.0 Å². The van der Waals surface area contributed by atoms with E-state index in [9.17, 15) is 9.59 Å². The van der Waals surface area contributed by atoms with E-state index in [0.717, 1.165) is 13.1 Å². The summed E-state index contributed by atoms with van der Waals surface area (Å²) in [6, 6.07) is 5.10. The molecule has 6 heteroatoms. The minimum atomic E-state index is -0.229. The molecule has 2 aliphatic rings. The molecule has 2 amide bonds. The van der Waals surface area contributed by atoms with E-state index >= 15 is 0 Å². The van der Waals surface area contributed by atoms with Crippen molar-refractivity contribution in [3.05, 3.63) is 29.3 Å². The second-order valence-electron chi connectivity index (χ2n) is 5.93. The lowest BCUT2D eigenvalue weighted by molar-refractivity contribution is -0.915. The van der Waals surface area contributed by atoms with E-state index in [-0.39, 0.29) is 17.9 Å². The first-order chi connectivity index (χ1) is 10.6. The predicted molar refractivity (Wildman–Crippen MR) is 79.1 cm³/mol. The minimum Gasteiger partial charge on any atom is -0.491 e. The van der Waals surface area contributed by atoms with Gasteiger partial charge in [-0.3, -0.25) is 9.59 Å². The second-order valence-corrected chi connectivity index (χ2v) is 5.93. The van der Waals surface area contributed by atoms with Crippen molar-refractivity contribution in [3.8, 4) is 5.75 Å². The van der Waals surface area contributed by atoms with Gasteiger partial charge in [-0.2, -0.15) is 0 Å². The fraction of sp³-hybridized carbons (Fsp3) is 0.500. The number of benzene rings is 1. The summed E-state index contributed by atoms with van der Waals surface area (Å²) in [5, 5.41) is 0. The monoisotopic (exact) mass is 305 g/mol. The summed E-state index contributed by atoms with van der Waals surface area (Å²) in [5.74, 6) is 0.179. The molecule has 0 aromatic heterocycles. The van der Waals surface area contributed by atoms with Crippen LogP contribution in [0.25, 0.3) is 0 Å². The van der Waals surface area contributed by atoms with Crippen LogP contribution in [0.15, 0.2) is 18.2 Å². The van der Waals surface area contributed by atoms with Gasteiger partial charge in [0.2, 0.25) is 0 Å². The summed E-state index contributed by atoms with van der Waals surface area (Å²) < 4.78 is 10.9. The molecule has 118 valence electrons. The fourth-order valence-electron chi connectivity index (χ4n) is 2.80. The Morgan fingerprint density at radius 1 is 1.18 bits per heavy atom. The second kappa shape index (κ2) is 6.06. The maximum atomic E-state index is 12.5. The Morgan fingerprint density at radius 3 is 2.55 bits per heavy atom. The van der Waals surface area contributed by atoms with Crippen LogP contribution in [0.2, 0.25) is 0 Å². The first kappa shape index (κ1) is 15.0. The van der Waals surface area contributed by atoms with Crippen LogP contribution >= 0.6 is 0 Å². The number of fused-ring (bicyclic) bond motifs is 1. The summed E-state index contributed by atoms with van der Waals surface area (Å²) in [6.45, 7) is 7.22. The highest BCUT2D eigenvalue weighted by atomic mass is 16.5. The number of ether oxygens (including phenoxy) is 2. The predicted octanol–water partition coefficient (Wildman–Crippen LogP) is -0.0576. The van der Waals surface area contributed by atoms with E-state index in [0.29, 0.717) is 36.8 Å². The Labute approximate surface area is 129 Å². The Kier molecular flexibility index (Phi) is 4.13. The lowest BCUT2D eigenvalue weighted by Gasteiger charge is -2.26. The molecular weight excluding hydrogens is 284 g/mol. The fourth-order valence-corrected chi connectivity index (χ4v) is 2.80.